The number of nitrogens with zero attached hydrogens (tertiary/aromatic N) is 2. The van der Waals surface area contributed by atoms with Crippen molar-refractivity contribution in [3.63, 3.8) is 0 Å². The minimum Gasteiger partial charge on any atom is -0.309 e. The van der Waals surface area contributed by atoms with Gasteiger partial charge in [0.2, 0.25) is 0 Å². The number of hydrogen-bond acceptors (Lipinski definition) is 2. The fourth-order valence-corrected chi connectivity index (χ4v) is 2.82. The standard InChI is InChI=1S/C15H19Cl2N3/c1-3-18-14(15-7-8-19-20(15)4-2)9-11-5-6-12(16)10-13(11)17/h5-8,10,14,18H,3-4,9H2,1-2H3. The Morgan fingerprint density at radius 1 is 1.25 bits per heavy atom. The van der Waals surface area contributed by atoms with E-state index in [-0.39, 0.29) is 6.04 Å². The molecule has 0 aliphatic carbocycles. The molecule has 2 aromatic rings. The molecule has 0 saturated carbocycles. The van der Waals surface area contributed by atoms with Crippen LogP contribution in [0.5, 0.6) is 0 Å². The number of aromatic nitrogens is 2. The van der Waals surface area contributed by atoms with E-state index in [0.29, 0.717) is 10.0 Å². The first kappa shape index (κ1) is 15.4. The van der Waals surface area contributed by atoms with Crippen LogP contribution in [0, 0.1) is 0 Å². The normalized spacial score (nSPS) is 12.6. The average Bonchev–Trinajstić information content (AvgIpc) is 2.89. The SMILES string of the molecule is CCNC(Cc1ccc(Cl)cc1Cl)c1ccnn1CC. The second kappa shape index (κ2) is 7.11. The van der Waals surface area contributed by atoms with Gasteiger partial charge in [0, 0.05) is 22.8 Å². The molecule has 20 heavy (non-hydrogen) atoms. The van der Waals surface area contributed by atoms with E-state index in [1.165, 1.54) is 5.69 Å². The van der Waals surface area contributed by atoms with E-state index in [2.05, 4.69) is 30.3 Å². The topological polar surface area (TPSA) is 29.9 Å². The monoisotopic (exact) mass is 311 g/mol. The van der Waals surface area contributed by atoms with Crippen molar-refractivity contribution < 1.29 is 0 Å². The first-order chi connectivity index (χ1) is 9.65. The molecule has 1 aromatic carbocycles. The quantitative estimate of drug-likeness (QED) is 0.870. The van der Waals surface area contributed by atoms with E-state index in [1.807, 2.05) is 23.0 Å². The molecule has 2 rings (SSSR count). The largest absolute Gasteiger partial charge is 0.309 e. The smallest absolute Gasteiger partial charge is 0.0556 e. The summed E-state index contributed by atoms with van der Waals surface area (Å²) in [5.41, 5.74) is 2.27. The van der Waals surface area contributed by atoms with Crippen molar-refractivity contribution in [1.29, 1.82) is 0 Å². The number of aryl methyl sites for hydroxylation is 1. The van der Waals surface area contributed by atoms with E-state index in [0.717, 1.165) is 25.1 Å². The zero-order valence-corrected chi connectivity index (χ0v) is 13.2. The summed E-state index contributed by atoms with van der Waals surface area (Å²) in [5.74, 6) is 0. The molecule has 0 saturated heterocycles. The van der Waals surface area contributed by atoms with Crippen LogP contribution in [-0.2, 0) is 13.0 Å². The predicted octanol–water partition coefficient (Wildman–Crippen LogP) is 4.10. The van der Waals surface area contributed by atoms with Crippen LogP contribution in [0.25, 0.3) is 0 Å². The van der Waals surface area contributed by atoms with Gasteiger partial charge < -0.3 is 5.32 Å². The second-order valence-corrected chi connectivity index (χ2v) is 5.47. The third kappa shape index (κ3) is 3.54. The zero-order valence-electron chi connectivity index (χ0n) is 11.7. The Morgan fingerprint density at radius 3 is 2.70 bits per heavy atom. The molecule has 0 radical (unpaired) electrons. The second-order valence-electron chi connectivity index (χ2n) is 4.62. The van der Waals surface area contributed by atoms with Crippen LogP contribution in [-0.4, -0.2) is 16.3 Å². The molecule has 1 unspecified atom stereocenters. The summed E-state index contributed by atoms with van der Waals surface area (Å²) in [7, 11) is 0. The lowest BCUT2D eigenvalue weighted by Crippen LogP contribution is -2.25. The summed E-state index contributed by atoms with van der Waals surface area (Å²) >= 11 is 12.2. The van der Waals surface area contributed by atoms with Crippen LogP contribution in [0.2, 0.25) is 10.0 Å². The Morgan fingerprint density at radius 2 is 2.05 bits per heavy atom. The van der Waals surface area contributed by atoms with E-state index >= 15 is 0 Å². The van der Waals surface area contributed by atoms with Gasteiger partial charge in [-0.2, -0.15) is 5.10 Å². The maximum Gasteiger partial charge on any atom is 0.0556 e. The Bertz CT molecular complexity index is 566. The molecule has 0 aliphatic heterocycles. The Kier molecular flexibility index (Phi) is 5.46. The van der Waals surface area contributed by atoms with E-state index in [4.69, 9.17) is 23.2 Å². The Hall–Kier alpha value is -1.03. The number of halogens is 2. The van der Waals surface area contributed by atoms with Crippen molar-refractivity contribution >= 4 is 23.2 Å². The van der Waals surface area contributed by atoms with Gasteiger partial charge in [-0.05, 0) is 43.7 Å². The van der Waals surface area contributed by atoms with E-state index in [9.17, 15) is 0 Å². The predicted molar refractivity (Wildman–Crippen MR) is 84.5 cm³/mol. The van der Waals surface area contributed by atoms with Crippen LogP contribution >= 0.6 is 23.2 Å². The molecule has 1 heterocycles. The molecule has 5 heteroatoms. The summed E-state index contributed by atoms with van der Waals surface area (Å²) in [6.07, 6.45) is 2.65. The van der Waals surface area contributed by atoms with Crippen molar-refractivity contribution in [3.8, 4) is 0 Å². The maximum atomic E-state index is 6.27. The highest BCUT2D eigenvalue weighted by Crippen LogP contribution is 2.26. The van der Waals surface area contributed by atoms with Crippen molar-refractivity contribution in [2.45, 2.75) is 32.9 Å². The highest BCUT2D eigenvalue weighted by atomic mass is 35.5. The van der Waals surface area contributed by atoms with Crippen molar-refractivity contribution in [3.05, 3.63) is 51.8 Å². The average molecular weight is 312 g/mol. The molecule has 0 bridgehead atoms. The highest BCUT2D eigenvalue weighted by molar-refractivity contribution is 6.35. The molecule has 0 spiro atoms. The lowest BCUT2D eigenvalue weighted by Gasteiger charge is -2.20. The van der Waals surface area contributed by atoms with Gasteiger partial charge in [-0.15, -0.1) is 0 Å². The van der Waals surface area contributed by atoms with E-state index in [1.54, 1.807) is 6.07 Å². The van der Waals surface area contributed by atoms with Crippen molar-refractivity contribution in [2.75, 3.05) is 6.54 Å². The molecule has 0 fully saturated rings. The molecule has 0 amide bonds. The summed E-state index contributed by atoms with van der Waals surface area (Å²) in [6.45, 7) is 5.95. The molecule has 1 aromatic heterocycles. The fourth-order valence-electron chi connectivity index (χ4n) is 2.34. The first-order valence-corrected chi connectivity index (χ1v) is 7.60. The van der Waals surface area contributed by atoms with Gasteiger partial charge >= 0.3 is 0 Å². The van der Waals surface area contributed by atoms with Gasteiger partial charge in [-0.25, -0.2) is 0 Å². The van der Waals surface area contributed by atoms with Gasteiger partial charge in [0.15, 0.2) is 0 Å². The molecule has 1 atom stereocenters. The van der Waals surface area contributed by atoms with Crippen molar-refractivity contribution in [1.82, 2.24) is 15.1 Å². The number of nitrogens with one attached hydrogen (secondary N) is 1. The number of rotatable bonds is 6. The van der Waals surface area contributed by atoms with Gasteiger partial charge in [0.1, 0.15) is 0 Å². The lowest BCUT2D eigenvalue weighted by atomic mass is 10.0. The lowest BCUT2D eigenvalue weighted by molar-refractivity contribution is 0.490. The van der Waals surface area contributed by atoms with Crippen molar-refractivity contribution in [2.24, 2.45) is 0 Å². The highest BCUT2D eigenvalue weighted by Gasteiger charge is 2.16. The van der Waals surface area contributed by atoms with Crippen LogP contribution in [0.3, 0.4) is 0 Å². The van der Waals surface area contributed by atoms with Crippen LogP contribution in [0.1, 0.15) is 31.1 Å². The summed E-state index contributed by atoms with van der Waals surface area (Å²) in [6, 6.07) is 7.91. The minimum absolute atomic E-state index is 0.195. The minimum atomic E-state index is 0.195. The summed E-state index contributed by atoms with van der Waals surface area (Å²) < 4.78 is 2.01. The van der Waals surface area contributed by atoms with Gasteiger partial charge in [-0.3, -0.25) is 4.68 Å². The third-order valence-electron chi connectivity index (χ3n) is 3.30. The van der Waals surface area contributed by atoms with Crippen LogP contribution in [0.15, 0.2) is 30.5 Å². The Balaban J connectivity index is 2.25. The third-order valence-corrected chi connectivity index (χ3v) is 3.88. The molecular formula is C15H19Cl2N3. The molecule has 3 nitrogen and oxygen atoms in total. The number of hydrogen-bond donors (Lipinski definition) is 1. The van der Waals surface area contributed by atoms with Gasteiger partial charge in [0.25, 0.3) is 0 Å². The van der Waals surface area contributed by atoms with Gasteiger partial charge in [-0.1, -0.05) is 36.2 Å². The molecule has 1 N–H and O–H groups in total. The van der Waals surface area contributed by atoms with Crippen LogP contribution < -0.4 is 5.32 Å². The zero-order chi connectivity index (χ0) is 14.5. The number of benzene rings is 1. The number of likely N-dealkylation sites (N-methyl/N-ethyl adjacent to an activating group) is 1. The molecule has 0 aliphatic rings. The first-order valence-electron chi connectivity index (χ1n) is 6.84. The molecular weight excluding hydrogens is 293 g/mol. The van der Waals surface area contributed by atoms with E-state index < -0.39 is 0 Å². The summed E-state index contributed by atoms with van der Waals surface area (Å²) in [5, 5.41) is 9.21. The van der Waals surface area contributed by atoms with Gasteiger partial charge in [0.05, 0.1) is 11.7 Å². The fraction of sp³-hybridized carbons (Fsp3) is 0.400. The Labute approximate surface area is 129 Å². The maximum absolute atomic E-state index is 6.27. The molecule has 108 valence electrons. The summed E-state index contributed by atoms with van der Waals surface area (Å²) in [4.78, 5) is 0. The van der Waals surface area contributed by atoms with Crippen LogP contribution in [0.4, 0.5) is 0 Å².